The molecule has 0 aliphatic heterocycles. The van der Waals surface area contributed by atoms with Crippen molar-refractivity contribution in [2.24, 2.45) is 0 Å². The molecule has 18 heavy (non-hydrogen) atoms. The van der Waals surface area contributed by atoms with E-state index < -0.39 is 18.0 Å². The molecule has 0 radical (unpaired) electrons. The van der Waals surface area contributed by atoms with E-state index in [-0.39, 0.29) is 0 Å². The maximum Gasteiger partial charge on any atom is 0.390 e. The lowest BCUT2D eigenvalue weighted by atomic mass is 9.78. The van der Waals surface area contributed by atoms with Crippen molar-refractivity contribution in [1.29, 1.82) is 0 Å². The third kappa shape index (κ3) is 1.69. The molecule has 2 aromatic heterocycles. The van der Waals surface area contributed by atoms with E-state index in [1.54, 1.807) is 0 Å². The van der Waals surface area contributed by atoms with Crippen molar-refractivity contribution < 1.29 is 13.2 Å². The van der Waals surface area contributed by atoms with Crippen molar-refractivity contribution in [3.63, 3.8) is 0 Å². The molecule has 0 saturated heterocycles. The summed E-state index contributed by atoms with van der Waals surface area (Å²) in [5.74, 6) is 0. The monoisotopic (exact) mass is 352 g/mol. The van der Waals surface area contributed by atoms with E-state index in [1.807, 2.05) is 22.9 Å². The minimum Gasteiger partial charge on any atom is -0.171 e. The molecule has 0 N–H and O–H groups in total. The first-order valence-corrected chi connectivity index (χ1v) is 8.15. The van der Waals surface area contributed by atoms with Gasteiger partial charge in [0.2, 0.25) is 0 Å². The fraction of sp³-hybridized carbons (Fsp3) is 0.333. The molecular formula is C12H8BrF3S2. The van der Waals surface area contributed by atoms with Crippen molar-refractivity contribution in [3.8, 4) is 9.75 Å². The van der Waals surface area contributed by atoms with E-state index in [2.05, 4.69) is 15.9 Å². The number of halogens is 4. The second-order valence-corrected chi connectivity index (χ2v) is 6.73. The maximum absolute atomic E-state index is 12.9. The van der Waals surface area contributed by atoms with Crippen molar-refractivity contribution in [2.45, 2.75) is 18.0 Å². The highest BCUT2D eigenvalue weighted by atomic mass is 79.9. The van der Waals surface area contributed by atoms with Gasteiger partial charge in [0.05, 0.1) is 6.42 Å². The summed E-state index contributed by atoms with van der Waals surface area (Å²) in [4.78, 5) is 2.01. The molecule has 3 rings (SSSR count). The molecule has 6 heteroatoms. The zero-order valence-corrected chi connectivity index (χ0v) is 12.3. The van der Waals surface area contributed by atoms with Crippen LogP contribution in [0.3, 0.4) is 0 Å². The van der Waals surface area contributed by atoms with Crippen LogP contribution in [0.4, 0.5) is 13.2 Å². The number of hydrogen-bond donors (Lipinski definition) is 0. The average molecular weight is 353 g/mol. The molecule has 0 bridgehead atoms. The molecule has 0 spiro atoms. The summed E-state index contributed by atoms with van der Waals surface area (Å²) in [7, 11) is 0. The Morgan fingerprint density at radius 2 is 1.56 bits per heavy atom. The quantitative estimate of drug-likeness (QED) is 0.632. The van der Waals surface area contributed by atoms with Crippen LogP contribution >= 0.6 is 38.6 Å². The number of rotatable bonds is 2. The highest BCUT2D eigenvalue weighted by molar-refractivity contribution is 9.09. The zero-order chi connectivity index (χ0) is 13.0. The van der Waals surface area contributed by atoms with Crippen LogP contribution in [-0.2, 0) is 5.41 Å². The van der Waals surface area contributed by atoms with Crippen molar-refractivity contribution >= 4 is 38.6 Å². The Balaban J connectivity index is 2.22. The topological polar surface area (TPSA) is 0 Å². The highest BCUT2D eigenvalue weighted by Gasteiger charge is 2.50. The summed E-state index contributed by atoms with van der Waals surface area (Å²) >= 11 is 6.35. The number of hydrogen-bond acceptors (Lipinski definition) is 2. The van der Waals surface area contributed by atoms with Crippen LogP contribution in [0.1, 0.15) is 17.5 Å². The second-order valence-electron chi connectivity index (χ2n) is 4.33. The standard InChI is InChI=1S/C12H8BrF3S2/c13-6-11(5-12(14,15)16)7-1-3-17-9(7)10-8(11)2-4-18-10/h1-4H,5-6H2. The van der Waals surface area contributed by atoms with Gasteiger partial charge in [-0.25, -0.2) is 0 Å². The van der Waals surface area contributed by atoms with Gasteiger partial charge >= 0.3 is 6.18 Å². The van der Waals surface area contributed by atoms with Gasteiger partial charge in [-0.05, 0) is 34.0 Å². The van der Waals surface area contributed by atoms with Crippen molar-refractivity contribution in [3.05, 3.63) is 34.0 Å². The highest BCUT2D eigenvalue weighted by Crippen LogP contribution is 2.57. The van der Waals surface area contributed by atoms with Gasteiger partial charge in [0, 0.05) is 20.5 Å². The molecule has 0 amide bonds. The van der Waals surface area contributed by atoms with Gasteiger partial charge in [0.15, 0.2) is 0 Å². The minimum absolute atomic E-state index is 0.299. The molecule has 0 aromatic carbocycles. The number of alkyl halides is 4. The molecule has 0 atom stereocenters. The van der Waals surface area contributed by atoms with Crippen molar-refractivity contribution in [1.82, 2.24) is 0 Å². The molecule has 0 nitrogen and oxygen atoms in total. The average Bonchev–Trinajstić information content (AvgIpc) is 2.93. The van der Waals surface area contributed by atoms with Gasteiger partial charge in [-0.3, -0.25) is 0 Å². The smallest absolute Gasteiger partial charge is 0.171 e. The summed E-state index contributed by atoms with van der Waals surface area (Å²) in [5, 5.41) is 4.05. The van der Waals surface area contributed by atoms with Gasteiger partial charge in [-0.2, -0.15) is 13.2 Å². The molecule has 0 fully saturated rings. The first kappa shape index (κ1) is 12.7. The van der Waals surface area contributed by atoms with Crippen LogP contribution in [0.15, 0.2) is 22.9 Å². The van der Waals surface area contributed by atoms with Crippen LogP contribution in [0.2, 0.25) is 0 Å². The van der Waals surface area contributed by atoms with Crippen LogP contribution in [0.5, 0.6) is 0 Å². The van der Waals surface area contributed by atoms with Crippen molar-refractivity contribution in [2.75, 3.05) is 5.33 Å². The lowest BCUT2D eigenvalue weighted by Crippen LogP contribution is -2.33. The summed E-state index contributed by atoms with van der Waals surface area (Å²) in [6.45, 7) is 0. The molecule has 0 saturated carbocycles. The summed E-state index contributed by atoms with van der Waals surface area (Å²) in [6.07, 6.45) is -4.98. The molecule has 1 aliphatic carbocycles. The SMILES string of the molecule is FC(F)(F)CC1(CBr)c2ccsc2-c2sccc21. The second kappa shape index (κ2) is 4.08. The fourth-order valence-corrected chi connectivity index (χ4v) is 5.58. The van der Waals surface area contributed by atoms with E-state index in [0.29, 0.717) is 5.33 Å². The predicted octanol–water partition coefficient (Wildman–Crippen LogP) is 5.42. The van der Waals surface area contributed by atoms with E-state index in [4.69, 9.17) is 0 Å². The van der Waals surface area contributed by atoms with Gasteiger partial charge < -0.3 is 0 Å². The van der Waals surface area contributed by atoms with E-state index in [1.165, 1.54) is 22.7 Å². The first-order valence-electron chi connectivity index (χ1n) is 5.27. The van der Waals surface area contributed by atoms with Crippen LogP contribution < -0.4 is 0 Å². The fourth-order valence-electron chi connectivity index (χ4n) is 2.59. The van der Waals surface area contributed by atoms with E-state index >= 15 is 0 Å². The van der Waals surface area contributed by atoms with E-state index in [9.17, 15) is 13.2 Å². The molecule has 2 heterocycles. The van der Waals surface area contributed by atoms with Gasteiger partial charge in [-0.1, -0.05) is 15.9 Å². The molecular weight excluding hydrogens is 345 g/mol. The van der Waals surface area contributed by atoms with Gasteiger partial charge in [0.1, 0.15) is 0 Å². The number of fused-ring (bicyclic) bond motifs is 3. The summed E-state index contributed by atoms with van der Waals surface area (Å²) in [6, 6.07) is 3.67. The third-order valence-corrected chi connectivity index (χ3v) is 6.25. The zero-order valence-electron chi connectivity index (χ0n) is 9.05. The third-order valence-electron chi connectivity index (χ3n) is 3.30. The van der Waals surface area contributed by atoms with E-state index in [0.717, 1.165) is 20.9 Å². The normalized spacial score (nSPS) is 16.7. The first-order chi connectivity index (χ1) is 8.48. The van der Waals surface area contributed by atoms with Crippen LogP contribution in [0, 0.1) is 0 Å². The Morgan fingerprint density at radius 1 is 1.06 bits per heavy atom. The molecule has 1 aliphatic rings. The maximum atomic E-state index is 12.9. The summed E-state index contributed by atoms with van der Waals surface area (Å²) < 4.78 is 38.8. The Hall–Kier alpha value is -0.330. The largest absolute Gasteiger partial charge is 0.390 e. The lowest BCUT2D eigenvalue weighted by molar-refractivity contribution is -0.143. The minimum atomic E-state index is -4.17. The van der Waals surface area contributed by atoms with Gasteiger partial charge in [0.25, 0.3) is 0 Å². The van der Waals surface area contributed by atoms with Crippen LogP contribution in [0.25, 0.3) is 9.75 Å². The summed E-state index contributed by atoms with van der Waals surface area (Å²) in [5.41, 5.74) is 0.704. The Morgan fingerprint density at radius 3 is 1.94 bits per heavy atom. The molecule has 96 valence electrons. The Labute approximate surface area is 119 Å². The van der Waals surface area contributed by atoms with Crippen LogP contribution in [-0.4, -0.2) is 11.5 Å². The Bertz CT molecular complexity index is 542. The lowest BCUT2D eigenvalue weighted by Gasteiger charge is -2.29. The predicted molar refractivity (Wildman–Crippen MR) is 72.9 cm³/mol. The molecule has 0 unspecified atom stereocenters. The van der Waals surface area contributed by atoms with Gasteiger partial charge in [-0.15, -0.1) is 22.7 Å². The number of thiophene rings is 2. The molecule has 2 aromatic rings. The Kier molecular flexibility index (Phi) is 2.88.